The number of hydrogen-bond acceptors (Lipinski definition) is 4. The summed E-state index contributed by atoms with van der Waals surface area (Å²) < 4.78 is 1.02. The van der Waals surface area contributed by atoms with E-state index in [4.69, 9.17) is 0 Å². The minimum absolute atomic E-state index is 0.212. The van der Waals surface area contributed by atoms with Crippen LogP contribution in [0.5, 0.6) is 0 Å². The number of nitrogens with zero attached hydrogens (tertiary/aromatic N) is 3. The maximum absolute atomic E-state index is 13.0. The Hall–Kier alpha value is -3.35. The van der Waals surface area contributed by atoms with Crippen LogP contribution in [0.3, 0.4) is 0 Å². The number of aromatic amines is 1. The second-order valence-corrected chi connectivity index (χ2v) is 6.97. The van der Waals surface area contributed by atoms with E-state index in [1.165, 1.54) is 0 Å². The largest absolute Gasteiger partial charge is 0.368 e. The summed E-state index contributed by atoms with van der Waals surface area (Å²) in [6.07, 6.45) is 0. The molecule has 144 valence electrons. The normalized spacial score (nSPS) is 15.6. The zero-order valence-corrected chi connectivity index (χ0v) is 15.7. The highest BCUT2D eigenvalue weighted by molar-refractivity contribution is 5.81. The SMILES string of the molecule is CC(C(=O)N1CCN(c2ccccc2)CC1)n1c(=O)[nH]c2ccccc2c1=O. The number of carbonyl (C=O) groups is 1. The number of benzene rings is 2. The minimum atomic E-state index is -0.857. The lowest BCUT2D eigenvalue weighted by molar-refractivity contribution is -0.134. The molecular weight excluding hydrogens is 356 g/mol. The maximum atomic E-state index is 13.0. The highest BCUT2D eigenvalue weighted by Crippen LogP contribution is 2.17. The van der Waals surface area contributed by atoms with Crippen LogP contribution in [0.4, 0.5) is 5.69 Å². The predicted molar refractivity (Wildman–Crippen MR) is 109 cm³/mol. The standard InChI is InChI=1S/C21H22N4O3/c1-15(25-20(27)17-9-5-6-10-18(17)22-21(25)28)19(26)24-13-11-23(12-14-24)16-7-3-2-4-8-16/h2-10,15H,11-14H2,1H3,(H,22,28). The summed E-state index contributed by atoms with van der Waals surface area (Å²) in [6, 6.07) is 16.0. The van der Waals surface area contributed by atoms with Crippen molar-refractivity contribution >= 4 is 22.5 Å². The van der Waals surface area contributed by atoms with Crippen LogP contribution in [-0.4, -0.2) is 46.5 Å². The molecule has 1 amide bonds. The highest BCUT2D eigenvalue weighted by atomic mass is 16.2. The van der Waals surface area contributed by atoms with E-state index in [2.05, 4.69) is 9.88 Å². The number of nitrogens with one attached hydrogen (secondary N) is 1. The third-order valence-electron chi connectivity index (χ3n) is 5.29. The molecule has 1 saturated heterocycles. The van der Waals surface area contributed by atoms with Crippen LogP contribution in [0.15, 0.2) is 64.2 Å². The number of anilines is 1. The summed E-state index contributed by atoms with van der Waals surface area (Å²) in [5.74, 6) is -0.212. The van der Waals surface area contributed by atoms with E-state index in [1.807, 2.05) is 30.3 Å². The second kappa shape index (κ2) is 7.34. The molecule has 7 nitrogen and oxygen atoms in total. The lowest BCUT2D eigenvalue weighted by atomic mass is 10.2. The monoisotopic (exact) mass is 378 g/mol. The summed E-state index contributed by atoms with van der Waals surface area (Å²) in [5.41, 5.74) is 0.602. The van der Waals surface area contributed by atoms with E-state index in [9.17, 15) is 14.4 Å². The summed E-state index contributed by atoms with van der Waals surface area (Å²) in [5, 5.41) is 0.399. The molecule has 1 atom stereocenters. The van der Waals surface area contributed by atoms with Crippen LogP contribution in [0.2, 0.25) is 0 Å². The van der Waals surface area contributed by atoms with Crippen molar-refractivity contribution in [3.05, 3.63) is 75.4 Å². The van der Waals surface area contributed by atoms with Crippen LogP contribution in [0.1, 0.15) is 13.0 Å². The number of hydrogen-bond donors (Lipinski definition) is 1. The average Bonchev–Trinajstić information content (AvgIpc) is 2.74. The van der Waals surface area contributed by atoms with Crippen LogP contribution in [-0.2, 0) is 4.79 Å². The first-order valence-corrected chi connectivity index (χ1v) is 9.38. The Balaban J connectivity index is 1.54. The fourth-order valence-corrected chi connectivity index (χ4v) is 3.73. The molecule has 1 aliphatic heterocycles. The Morgan fingerprint density at radius 2 is 1.57 bits per heavy atom. The fourth-order valence-electron chi connectivity index (χ4n) is 3.73. The lowest BCUT2D eigenvalue weighted by Crippen LogP contribution is -2.52. The average molecular weight is 378 g/mol. The number of carbonyl (C=O) groups excluding carboxylic acids is 1. The quantitative estimate of drug-likeness (QED) is 0.751. The van der Waals surface area contributed by atoms with E-state index in [0.29, 0.717) is 37.1 Å². The van der Waals surface area contributed by atoms with Crippen molar-refractivity contribution < 1.29 is 4.79 Å². The molecule has 1 unspecified atom stereocenters. The van der Waals surface area contributed by atoms with Crippen molar-refractivity contribution in [3.8, 4) is 0 Å². The van der Waals surface area contributed by atoms with Crippen LogP contribution in [0.25, 0.3) is 10.9 Å². The molecule has 2 heterocycles. The van der Waals surface area contributed by atoms with Gasteiger partial charge in [0.2, 0.25) is 5.91 Å². The molecule has 2 aromatic carbocycles. The van der Waals surface area contributed by atoms with Gasteiger partial charge in [-0.3, -0.25) is 9.59 Å². The first-order valence-electron chi connectivity index (χ1n) is 9.38. The third kappa shape index (κ3) is 3.19. The van der Waals surface area contributed by atoms with Crippen molar-refractivity contribution in [2.45, 2.75) is 13.0 Å². The Morgan fingerprint density at radius 3 is 2.29 bits per heavy atom. The fraction of sp³-hybridized carbons (Fsp3) is 0.286. The van der Waals surface area contributed by atoms with E-state index >= 15 is 0 Å². The number of amides is 1. The maximum Gasteiger partial charge on any atom is 0.329 e. The van der Waals surface area contributed by atoms with Crippen molar-refractivity contribution in [3.63, 3.8) is 0 Å². The minimum Gasteiger partial charge on any atom is -0.368 e. The second-order valence-electron chi connectivity index (χ2n) is 6.97. The van der Waals surface area contributed by atoms with E-state index in [1.54, 1.807) is 36.1 Å². The van der Waals surface area contributed by atoms with Crippen molar-refractivity contribution in [1.29, 1.82) is 0 Å². The van der Waals surface area contributed by atoms with E-state index < -0.39 is 17.3 Å². The molecule has 0 aliphatic carbocycles. The number of aromatic nitrogens is 2. The van der Waals surface area contributed by atoms with Gasteiger partial charge < -0.3 is 14.8 Å². The Bertz CT molecular complexity index is 1110. The first-order chi connectivity index (χ1) is 13.6. The van der Waals surface area contributed by atoms with Crippen molar-refractivity contribution in [2.24, 2.45) is 0 Å². The van der Waals surface area contributed by atoms with Gasteiger partial charge in [-0.15, -0.1) is 0 Å². The van der Waals surface area contributed by atoms with Gasteiger partial charge in [0.05, 0.1) is 10.9 Å². The van der Waals surface area contributed by atoms with Gasteiger partial charge in [-0.05, 0) is 31.2 Å². The number of para-hydroxylation sites is 2. The van der Waals surface area contributed by atoms with Gasteiger partial charge in [-0.25, -0.2) is 9.36 Å². The molecule has 1 aliphatic rings. The van der Waals surface area contributed by atoms with E-state index in [-0.39, 0.29) is 5.91 Å². The zero-order chi connectivity index (χ0) is 19.7. The molecule has 7 heteroatoms. The molecule has 1 N–H and O–H groups in total. The van der Waals surface area contributed by atoms with Crippen LogP contribution < -0.4 is 16.1 Å². The number of fused-ring (bicyclic) bond motifs is 1. The molecule has 0 saturated carbocycles. The number of piperazine rings is 1. The summed E-state index contributed by atoms with van der Waals surface area (Å²) >= 11 is 0. The van der Waals surface area contributed by atoms with Gasteiger partial charge in [0, 0.05) is 31.9 Å². The zero-order valence-electron chi connectivity index (χ0n) is 15.7. The van der Waals surface area contributed by atoms with Crippen molar-refractivity contribution in [2.75, 3.05) is 31.1 Å². The van der Waals surface area contributed by atoms with Gasteiger partial charge in [-0.1, -0.05) is 30.3 Å². The third-order valence-corrected chi connectivity index (χ3v) is 5.29. The Morgan fingerprint density at radius 1 is 0.929 bits per heavy atom. The van der Waals surface area contributed by atoms with Gasteiger partial charge in [0.1, 0.15) is 6.04 Å². The van der Waals surface area contributed by atoms with E-state index in [0.717, 1.165) is 10.3 Å². The molecular formula is C21H22N4O3. The van der Waals surface area contributed by atoms with Crippen LogP contribution in [0, 0.1) is 0 Å². The lowest BCUT2D eigenvalue weighted by Gasteiger charge is -2.37. The smallest absolute Gasteiger partial charge is 0.329 e. The topological polar surface area (TPSA) is 78.4 Å². The van der Waals surface area contributed by atoms with Crippen molar-refractivity contribution in [1.82, 2.24) is 14.5 Å². The summed E-state index contributed by atoms with van der Waals surface area (Å²) in [6.45, 7) is 4.14. The molecule has 4 rings (SSSR count). The van der Waals surface area contributed by atoms with Gasteiger partial charge in [-0.2, -0.15) is 0 Å². The number of H-pyrrole nitrogens is 1. The Kier molecular flexibility index (Phi) is 4.73. The Labute approximate surface area is 161 Å². The summed E-state index contributed by atoms with van der Waals surface area (Å²) in [7, 11) is 0. The molecule has 28 heavy (non-hydrogen) atoms. The van der Waals surface area contributed by atoms with Gasteiger partial charge >= 0.3 is 5.69 Å². The molecule has 0 bridgehead atoms. The van der Waals surface area contributed by atoms with Crippen LogP contribution >= 0.6 is 0 Å². The highest BCUT2D eigenvalue weighted by Gasteiger charge is 2.28. The first kappa shape index (κ1) is 18.0. The molecule has 0 spiro atoms. The molecule has 1 aromatic heterocycles. The molecule has 0 radical (unpaired) electrons. The molecule has 1 fully saturated rings. The predicted octanol–water partition coefficient (Wildman–Crippen LogP) is 1.60. The van der Waals surface area contributed by atoms with Gasteiger partial charge in [0.25, 0.3) is 5.56 Å². The van der Waals surface area contributed by atoms with Gasteiger partial charge in [0.15, 0.2) is 0 Å². The number of rotatable bonds is 3. The summed E-state index contributed by atoms with van der Waals surface area (Å²) in [4.78, 5) is 44.9. The molecule has 3 aromatic rings.